The van der Waals surface area contributed by atoms with E-state index in [1.807, 2.05) is 37.3 Å². The van der Waals surface area contributed by atoms with Crippen molar-refractivity contribution >= 4 is 17.7 Å². The van der Waals surface area contributed by atoms with Gasteiger partial charge in [-0.1, -0.05) is 42.5 Å². The third-order valence-corrected chi connectivity index (χ3v) is 3.71. The number of thioether (sulfide) groups is 1. The van der Waals surface area contributed by atoms with Gasteiger partial charge in [0.25, 0.3) is 0 Å². The molecule has 0 aliphatic rings. The van der Waals surface area contributed by atoms with Gasteiger partial charge in [-0.2, -0.15) is 0 Å². The van der Waals surface area contributed by atoms with E-state index in [-0.39, 0.29) is 11.2 Å². The molecule has 18 heavy (non-hydrogen) atoms. The third-order valence-electron chi connectivity index (χ3n) is 2.52. The molecule has 1 rings (SSSR count). The summed E-state index contributed by atoms with van der Waals surface area (Å²) in [6.45, 7) is 9.66. The van der Waals surface area contributed by atoms with Crippen LogP contribution >= 0.6 is 11.8 Å². The summed E-state index contributed by atoms with van der Waals surface area (Å²) >= 11 is 1.49. The van der Waals surface area contributed by atoms with Crippen LogP contribution in [0.25, 0.3) is 0 Å². The van der Waals surface area contributed by atoms with E-state index in [9.17, 15) is 4.79 Å². The number of hydrogen-bond donors (Lipinski definition) is 0. The van der Waals surface area contributed by atoms with Gasteiger partial charge >= 0.3 is 5.97 Å². The minimum Gasteiger partial charge on any atom is -0.468 e. The molecule has 1 unspecified atom stereocenters. The zero-order chi connectivity index (χ0) is 13.5. The van der Waals surface area contributed by atoms with Gasteiger partial charge in [0, 0.05) is 4.90 Å². The van der Waals surface area contributed by atoms with E-state index in [1.54, 1.807) is 0 Å². The molecule has 0 saturated heterocycles. The molecule has 1 aromatic carbocycles. The van der Waals surface area contributed by atoms with Gasteiger partial charge in [0.05, 0.1) is 7.11 Å². The Kier molecular flexibility index (Phi) is 5.72. The van der Waals surface area contributed by atoms with Crippen molar-refractivity contribution in [2.75, 3.05) is 7.11 Å². The molecule has 1 atom stereocenters. The van der Waals surface area contributed by atoms with E-state index in [0.717, 1.165) is 16.0 Å². The summed E-state index contributed by atoms with van der Waals surface area (Å²) in [6.07, 6.45) is 0.557. The second-order valence-electron chi connectivity index (χ2n) is 4.03. The molecule has 0 amide bonds. The lowest BCUT2D eigenvalue weighted by Crippen LogP contribution is -2.19. The Morgan fingerprint density at radius 2 is 1.94 bits per heavy atom. The maximum absolute atomic E-state index is 11.8. The molecule has 0 spiro atoms. The molecule has 1 aromatic rings. The quantitative estimate of drug-likeness (QED) is 0.442. The average molecular weight is 262 g/mol. The fourth-order valence-electron chi connectivity index (χ4n) is 1.37. The van der Waals surface area contributed by atoms with E-state index in [4.69, 9.17) is 4.74 Å². The van der Waals surface area contributed by atoms with Crippen molar-refractivity contribution in [3.8, 4) is 0 Å². The van der Waals surface area contributed by atoms with Crippen molar-refractivity contribution in [1.82, 2.24) is 0 Å². The van der Waals surface area contributed by atoms with Crippen LogP contribution in [0.3, 0.4) is 0 Å². The van der Waals surface area contributed by atoms with Crippen molar-refractivity contribution < 1.29 is 9.53 Å². The number of allylic oxidation sites excluding steroid dienone is 2. The Morgan fingerprint density at radius 3 is 2.44 bits per heavy atom. The summed E-state index contributed by atoms with van der Waals surface area (Å²) in [5.74, 6) is -0.230. The first-order valence-corrected chi connectivity index (χ1v) is 6.55. The fraction of sp³-hybridized carbons (Fsp3) is 0.267. The van der Waals surface area contributed by atoms with E-state index in [2.05, 4.69) is 13.2 Å². The maximum Gasteiger partial charge on any atom is 0.319 e. The van der Waals surface area contributed by atoms with E-state index in [1.165, 1.54) is 18.9 Å². The SMILES string of the molecule is C=C(C)C(=C)CC(Sc1ccccc1)C(=O)OC. The monoisotopic (exact) mass is 262 g/mol. The number of carbonyl (C=O) groups excluding carboxylic acids is 1. The summed E-state index contributed by atoms with van der Waals surface area (Å²) in [7, 11) is 1.41. The normalized spacial score (nSPS) is 11.7. The molecule has 2 nitrogen and oxygen atoms in total. The summed E-state index contributed by atoms with van der Waals surface area (Å²) in [4.78, 5) is 12.8. The van der Waals surface area contributed by atoms with Crippen molar-refractivity contribution in [1.29, 1.82) is 0 Å². The van der Waals surface area contributed by atoms with Crippen LogP contribution in [0.5, 0.6) is 0 Å². The minimum atomic E-state index is -0.276. The van der Waals surface area contributed by atoms with Crippen molar-refractivity contribution in [2.24, 2.45) is 0 Å². The zero-order valence-corrected chi connectivity index (χ0v) is 11.6. The van der Waals surface area contributed by atoms with Crippen molar-refractivity contribution in [2.45, 2.75) is 23.5 Å². The minimum absolute atomic E-state index is 0.230. The second-order valence-corrected chi connectivity index (χ2v) is 5.31. The smallest absolute Gasteiger partial charge is 0.319 e. The lowest BCUT2D eigenvalue weighted by atomic mass is 10.1. The fourth-order valence-corrected chi connectivity index (χ4v) is 2.49. The number of methoxy groups -OCH3 is 1. The molecule has 0 aromatic heterocycles. The van der Waals surface area contributed by atoms with Crippen LogP contribution < -0.4 is 0 Å². The molecule has 0 radical (unpaired) electrons. The molecule has 3 heteroatoms. The molecule has 0 fully saturated rings. The van der Waals surface area contributed by atoms with Crippen LogP contribution in [0, 0.1) is 0 Å². The Morgan fingerprint density at radius 1 is 1.33 bits per heavy atom. The lowest BCUT2D eigenvalue weighted by Gasteiger charge is -2.15. The Balaban J connectivity index is 2.76. The molecule has 0 aliphatic carbocycles. The molecular weight excluding hydrogens is 244 g/mol. The molecule has 96 valence electrons. The molecule has 0 bridgehead atoms. The standard InChI is InChI=1S/C15H18O2S/c1-11(2)12(3)10-14(15(16)17-4)18-13-8-6-5-7-9-13/h5-9,14H,1,3,10H2,2,4H3. The van der Waals surface area contributed by atoms with Gasteiger partial charge in [0.2, 0.25) is 0 Å². The third kappa shape index (κ3) is 4.41. The van der Waals surface area contributed by atoms with Gasteiger partial charge in [-0.25, -0.2) is 0 Å². The summed E-state index contributed by atoms with van der Waals surface area (Å²) in [6, 6.07) is 9.80. The number of hydrogen-bond acceptors (Lipinski definition) is 3. The number of benzene rings is 1. The Labute approximate surface area is 113 Å². The van der Waals surface area contributed by atoms with Gasteiger partial charge in [-0.05, 0) is 25.5 Å². The van der Waals surface area contributed by atoms with E-state index < -0.39 is 0 Å². The number of esters is 1. The Hall–Kier alpha value is -1.48. The first-order valence-electron chi connectivity index (χ1n) is 5.67. The highest BCUT2D eigenvalue weighted by Crippen LogP contribution is 2.29. The number of rotatable bonds is 6. The predicted octanol–water partition coefficient (Wildman–Crippen LogP) is 3.84. The van der Waals surface area contributed by atoms with E-state index in [0.29, 0.717) is 6.42 Å². The van der Waals surface area contributed by atoms with Crippen LogP contribution in [-0.4, -0.2) is 18.3 Å². The zero-order valence-electron chi connectivity index (χ0n) is 10.8. The van der Waals surface area contributed by atoms with Gasteiger partial charge < -0.3 is 4.74 Å². The topological polar surface area (TPSA) is 26.3 Å². The van der Waals surface area contributed by atoms with Crippen molar-refractivity contribution in [3.63, 3.8) is 0 Å². The molecule has 0 heterocycles. The number of carbonyl (C=O) groups is 1. The molecule has 0 aliphatic heterocycles. The second kappa shape index (κ2) is 7.07. The highest BCUT2D eigenvalue weighted by molar-refractivity contribution is 8.00. The van der Waals surface area contributed by atoms with Crippen LogP contribution in [0.1, 0.15) is 13.3 Å². The van der Waals surface area contributed by atoms with Gasteiger partial charge in [0.1, 0.15) is 5.25 Å². The van der Waals surface area contributed by atoms with E-state index >= 15 is 0 Å². The summed E-state index contributed by atoms with van der Waals surface area (Å²) in [5, 5.41) is -0.276. The summed E-state index contributed by atoms with van der Waals surface area (Å²) in [5.41, 5.74) is 1.78. The highest BCUT2D eigenvalue weighted by atomic mass is 32.2. The average Bonchev–Trinajstić information content (AvgIpc) is 2.38. The first-order chi connectivity index (χ1) is 8.54. The van der Waals surface area contributed by atoms with Gasteiger partial charge in [-0.3, -0.25) is 4.79 Å². The van der Waals surface area contributed by atoms with Crippen LogP contribution in [0.15, 0.2) is 59.5 Å². The predicted molar refractivity (Wildman–Crippen MR) is 76.7 cm³/mol. The van der Waals surface area contributed by atoms with Crippen molar-refractivity contribution in [3.05, 3.63) is 54.6 Å². The van der Waals surface area contributed by atoms with Crippen LogP contribution in [0.4, 0.5) is 0 Å². The molecule has 0 saturated carbocycles. The maximum atomic E-state index is 11.8. The molecular formula is C15H18O2S. The summed E-state index contributed by atoms with van der Waals surface area (Å²) < 4.78 is 4.83. The van der Waals surface area contributed by atoms with Gasteiger partial charge in [0.15, 0.2) is 0 Å². The Bertz CT molecular complexity index is 437. The van der Waals surface area contributed by atoms with Crippen LogP contribution in [-0.2, 0) is 9.53 Å². The molecule has 0 N–H and O–H groups in total. The van der Waals surface area contributed by atoms with Crippen LogP contribution in [0.2, 0.25) is 0 Å². The first kappa shape index (κ1) is 14.6. The largest absolute Gasteiger partial charge is 0.468 e. The highest BCUT2D eigenvalue weighted by Gasteiger charge is 2.21. The lowest BCUT2D eigenvalue weighted by molar-refractivity contribution is -0.139. The van der Waals surface area contributed by atoms with Gasteiger partial charge in [-0.15, -0.1) is 11.8 Å². The number of ether oxygens (including phenoxy) is 1.